The molecule has 8 nitrogen and oxygen atoms in total. The molecule has 9 heteroatoms. The van der Waals surface area contributed by atoms with Crippen molar-refractivity contribution in [3.8, 4) is 5.75 Å². The lowest BCUT2D eigenvalue weighted by Crippen LogP contribution is -2.29. The van der Waals surface area contributed by atoms with Gasteiger partial charge in [-0.1, -0.05) is 18.2 Å². The molecule has 0 fully saturated rings. The fourth-order valence-electron chi connectivity index (χ4n) is 3.39. The van der Waals surface area contributed by atoms with Crippen molar-refractivity contribution in [2.24, 2.45) is 10.2 Å². The molecule has 0 unspecified atom stereocenters. The average molecular weight is 440 g/mol. The highest BCUT2D eigenvalue weighted by atomic mass is 19.1. The molecule has 32 heavy (non-hydrogen) atoms. The number of carbonyl (C=O) groups excluding carboxylic acids is 1. The third kappa shape index (κ3) is 5.48. The third-order valence-corrected chi connectivity index (χ3v) is 5.19. The zero-order valence-electron chi connectivity index (χ0n) is 17.9. The number of hydrazone groups is 2. The molecule has 0 radical (unpaired) electrons. The van der Waals surface area contributed by atoms with Gasteiger partial charge in [-0.15, -0.1) is 0 Å². The SMILES string of the molecule is CC1=NN(CCCC(=O)O)C(=O)/C1=N\Nc1cccc(CCc2cc(F)ccc2C)c1O. The number of phenols is 1. The van der Waals surface area contributed by atoms with Crippen molar-refractivity contribution in [2.45, 2.75) is 39.5 Å². The molecule has 0 atom stereocenters. The van der Waals surface area contributed by atoms with E-state index in [0.29, 0.717) is 29.8 Å². The van der Waals surface area contributed by atoms with Crippen molar-refractivity contribution in [3.63, 3.8) is 0 Å². The predicted molar refractivity (Wildman–Crippen MR) is 119 cm³/mol. The highest BCUT2D eigenvalue weighted by molar-refractivity contribution is 6.68. The number of carbonyl (C=O) groups is 2. The molecule has 1 aliphatic heterocycles. The van der Waals surface area contributed by atoms with Crippen molar-refractivity contribution in [1.29, 1.82) is 0 Å². The van der Waals surface area contributed by atoms with Crippen LogP contribution < -0.4 is 5.43 Å². The highest BCUT2D eigenvalue weighted by Gasteiger charge is 2.29. The molecule has 3 rings (SSSR count). The standard InChI is InChI=1S/C23H25FN4O4/c1-14-8-11-18(24)13-17(14)10-9-16-5-3-6-19(22(16)31)25-26-21-15(2)27-28(23(21)32)12-4-7-20(29)30/h3,5-6,8,11,13,25,31H,4,7,9-10,12H2,1-2H3,(H,29,30)/b26-21-. The number of aromatic hydroxyl groups is 1. The number of hydrogen-bond acceptors (Lipinski definition) is 6. The number of nitrogens with zero attached hydrogens (tertiary/aromatic N) is 3. The second-order valence-electron chi connectivity index (χ2n) is 7.57. The van der Waals surface area contributed by atoms with E-state index in [2.05, 4.69) is 15.6 Å². The number of carboxylic acid groups (broad SMARTS) is 1. The molecule has 0 spiro atoms. The van der Waals surface area contributed by atoms with E-state index in [1.807, 2.05) is 6.92 Å². The summed E-state index contributed by atoms with van der Waals surface area (Å²) < 4.78 is 13.5. The van der Waals surface area contributed by atoms with Crippen LogP contribution in [-0.2, 0) is 22.4 Å². The van der Waals surface area contributed by atoms with Crippen molar-refractivity contribution in [3.05, 3.63) is 58.9 Å². The lowest BCUT2D eigenvalue weighted by atomic mass is 9.99. The quantitative estimate of drug-likeness (QED) is 0.408. The van der Waals surface area contributed by atoms with Crippen molar-refractivity contribution in [2.75, 3.05) is 12.0 Å². The number of amides is 1. The van der Waals surface area contributed by atoms with Crippen molar-refractivity contribution in [1.82, 2.24) is 5.01 Å². The monoisotopic (exact) mass is 440 g/mol. The summed E-state index contributed by atoms with van der Waals surface area (Å²) >= 11 is 0. The van der Waals surface area contributed by atoms with E-state index < -0.39 is 11.9 Å². The van der Waals surface area contributed by atoms with Gasteiger partial charge < -0.3 is 10.2 Å². The number of phenolic OH excluding ortho intramolecular Hbond substituents is 1. The molecular weight excluding hydrogens is 415 g/mol. The van der Waals surface area contributed by atoms with Crippen LogP contribution in [0.4, 0.5) is 10.1 Å². The second-order valence-corrected chi connectivity index (χ2v) is 7.57. The molecule has 0 saturated heterocycles. The van der Waals surface area contributed by atoms with Crippen LogP contribution in [0.15, 0.2) is 46.6 Å². The fraction of sp³-hybridized carbons (Fsp3) is 0.304. The normalized spacial score (nSPS) is 14.7. The number of rotatable bonds is 9. The number of hydrogen-bond donors (Lipinski definition) is 3. The number of anilines is 1. The first-order valence-corrected chi connectivity index (χ1v) is 10.2. The summed E-state index contributed by atoms with van der Waals surface area (Å²) in [4.78, 5) is 23.1. The molecule has 0 aromatic heterocycles. The molecule has 1 aliphatic rings. The number of halogens is 1. The van der Waals surface area contributed by atoms with Gasteiger partial charge in [-0.05, 0) is 68.0 Å². The van der Waals surface area contributed by atoms with Crippen LogP contribution in [0.5, 0.6) is 5.75 Å². The van der Waals surface area contributed by atoms with Gasteiger partial charge in [0.15, 0.2) is 5.71 Å². The fourth-order valence-corrected chi connectivity index (χ4v) is 3.39. The molecular formula is C23H25FN4O4. The van der Waals surface area contributed by atoms with Crippen LogP contribution in [0.1, 0.15) is 36.5 Å². The van der Waals surface area contributed by atoms with Gasteiger partial charge >= 0.3 is 5.97 Å². The molecule has 2 aromatic carbocycles. The zero-order valence-corrected chi connectivity index (χ0v) is 17.9. The maximum Gasteiger partial charge on any atom is 0.303 e. The Morgan fingerprint density at radius 3 is 2.69 bits per heavy atom. The van der Waals surface area contributed by atoms with E-state index in [1.54, 1.807) is 31.2 Å². The van der Waals surface area contributed by atoms with Crippen LogP contribution in [0.2, 0.25) is 0 Å². The van der Waals surface area contributed by atoms with Crippen molar-refractivity contribution >= 4 is 29.0 Å². The van der Waals surface area contributed by atoms with Crippen LogP contribution in [-0.4, -0.2) is 45.1 Å². The largest absolute Gasteiger partial charge is 0.505 e. The Hall–Kier alpha value is -3.75. The van der Waals surface area contributed by atoms with Gasteiger partial charge in [0.05, 0.1) is 11.4 Å². The first kappa shape index (κ1) is 22.9. The van der Waals surface area contributed by atoms with Gasteiger partial charge in [-0.3, -0.25) is 15.0 Å². The summed E-state index contributed by atoms with van der Waals surface area (Å²) in [6.45, 7) is 3.73. The Kier molecular flexibility index (Phi) is 7.19. The molecule has 0 aliphatic carbocycles. The Morgan fingerprint density at radius 1 is 1.19 bits per heavy atom. The molecule has 0 bridgehead atoms. The maximum absolute atomic E-state index is 13.5. The van der Waals surface area contributed by atoms with Gasteiger partial charge in [-0.2, -0.15) is 10.2 Å². The smallest absolute Gasteiger partial charge is 0.303 e. The van der Waals surface area contributed by atoms with Crippen LogP contribution >= 0.6 is 0 Å². The molecule has 168 valence electrons. The number of carboxylic acids is 1. The Morgan fingerprint density at radius 2 is 1.94 bits per heavy atom. The summed E-state index contributed by atoms with van der Waals surface area (Å²) in [5, 5.41) is 28.8. The first-order chi connectivity index (χ1) is 15.3. The summed E-state index contributed by atoms with van der Waals surface area (Å²) in [6, 6.07) is 9.81. The number of aryl methyl sites for hydroxylation is 3. The van der Waals surface area contributed by atoms with E-state index in [0.717, 1.165) is 11.1 Å². The Bertz CT molecular complexity index is 1100. The summed E-state index contributed by atoms with van der Waals surface area (Å²) in [6.07, 6.45) is 1.29. The predicted octanol–water partition coefficient (Wildman–Crippen LogP) is 3.48. The van der Waals surface area contributed by atoms with E-state index in [-0.39, 0.29) is 36.7 Å². The summed E-state index contributed by atoms with van der Waals surface area (Å²) in [5.74, 6) is -1.66. The molecule has 1 amide bonds. The van der Waals surface area contributed by atoms with Gasteiger partial charge in [0.25, 0.3) is 5.91 Å². The third-order valence-electron chi connectivity index (χ3n) is 5.19. The van der Waals surface area contributed by atoms with E-state index in [4.69, 9.17) is 5.11 Å². The number of nitrogens with one attached hydrogen (secondary N) is 1. The van der Waals surface area contributed by atoms with Gasteiger partial charge in [0.1, 0.15) is 11.6 Å². The minimum absolute atomic E-state index is 0.00394. The van der Waals surface area contributed by atoms with Gasteiger partial charge in [-0.25, -0.2) is 9.40 Å². The van der Waals surface area contributed by atoms with Crippen LogP contribution in [0.25, 0.3) is 0 Å². The molecule has 3 N–H and O–H groups in total. The average Bonchev–Trinajstić information content (AvgIpc) is 3.01. The molecule has 2 aromatic rings. The lowest BCUT2D eigenvalue weighted by molar-refractivity contribution is -0.137. The Balaban J connectivity index is 1.67. The summed E-state index contributed by atoms with van der Waals surface area (Å²) in [5.41, 5.74) is 6.07. The van der Waals surface area contributed by atoms with Gasteiger partial charge in [0, 0.05) is 13.0 Å². The second kappa shape index (κ2) is 10.0. The Labute approximate surface area is 185 Å². The lowest BCUT2D eigenvalue weighted by Gasteiger charge is -2.11. The number of benzene rings is 2. The van der Waals surface area contributed by atoms with E-state index in [1.165, 1.54) is 17.1 Å². The van der Waals surface area contributed by atoms with E-state index >= 15 is 0 Å². The number of aliphatic carboxylic acids is 1. The maximum atomic E-state index is 13.5. The first-order valence-electron chi connectivity index (χ1n) is 10.2. The molecule has 1 heterocycles. The number of para-hydroxylation sites is 1. The van der Waals surface area contributed by atoms with Gasteiger partial charge in [0.2, 0.25) is 0 Å². The highest BCUT2D eigenvalue weighted by Crippen LogP contribution is 2.29. The zero-order chi connectivity index (χ0) is 23.3. The van der Waals surface area contributed by atoms with E-state index in [9.17, 15) is 19.1 Å². The topological polar surface area (TPSA) is 115 Å². The summed E-state index contributed by atoms with van der Waals surface area (Å²) in [7, 11) is 0. The minimum atomic E-state index is -0.934. The van der Waals surface area contributed by atoms with Crippen LogP contribution in [0.3, 0.4) is 0 Å². The van der Waals surface area contributed by atoms with Crippen LogP contribution in [0, 0.1) is 12.7 Å². The van der Waals surface area contributed by atoms with Crippen molar-refractivity contribution < 1.29 is 24.2 Å². The minimum Gasteiger partial charge on any atom is -0.505 e. The molecule has 0 saturated carbocycles.